The summed E-state index contributed by atoms with van der Waals surface area (Å²) < 4.78 is 0. The van der Waals surface area contributed by atoms with E-state index < -0.39 is 0 Å². The van der Waals surface area contributed by atoms with E-state index >= 15 is 0 Å². The van der Waals surface area contributed by atoms with Gasteiger partial charge in [-0.25, -0.2) is 0 Å². The maximum absolute atomic E-state index is 7.00. The maximum Gasteiger partial charge on any atom is 2.00 e. The Morgan fingerprint density at radius 3 is 0.462 bits per heavy atom. The molecule has 0 aromatic carbocycles. The monoisotopic (exact) mass is 348 g/mol. The number of hydrogen-bond donors (Lipinski definition) is 1. The van der Waals surface area contributed by atoms with Crippen LogP contribution in [-0.4, -0.2) is 116 Å². The summed E-state index contributed by atoms with van der Waals surface area (Å²) in [5.74, 6) is 0. The maximum atomic E-state index is 7.00. The van der Waals surface area contributed by atoms with Gasteiger partial charge in [-0.05, 0) is 0 Å². The molecule has 0 aromatic rings. The fourth-order valence-electron chi connectivity index (χ4n) is 0. The van der Waals surface area contributed by atoms with Gasteiger partial charge in [0.15, 0.2) is 0 Å². The molecule has 0 aromatic heterocycles. The molecule has 19 N–H and O–H groups in total. The molecule has 0 unspecified atom stereocenters. The molecule has 12 heteroatoms. The molecular formula is CH22BaO11. The van der Waals surface area contributed by atoms with Crippen molar-refractivity contribution in [1.29, 1.82) is 0 Å². The van der Waals surface area contributed by atoms with Gasteiger partial charge in [-0.3, -0.25) is 0 Å². The Bertz CT molecular complexity index is 10.1. The summed E-state index contributed by atoms with van der Waals surface area (Å²) in [5, 5.41) is 7.00. The Hall–Kier alpha value is 1.13. The Balaban J connectivity index is -0.0000000000909. The topological polar surface area (TPSA) is 332 Å². The van der Waals surface area contributed by atoms with Crippen LogP contribution in [0.3, 0.4) is 0 Å². The van der Waals surface area contributed by atoms with Gasteiger partial charge >= 0.3 is 48.9 Å². The van der Waals surface area contributed by atoms with Gasteiger partial charge in [0.25, 0.3) is 0 Å². The molecule has 0 fully saturated rings. The molecule has 0 bridgehead atoms. The third kappa shape index (κ3) is 1270. The van der Waals surface area contributed by atoms with Crippen molar-refractivity contribution in [2.45, 2.75) is 0 Å². The molecular weight excluding hydrogens is 325 g/mol. The van der Waals surface area contributed by atoms with Crippen molar-refractivity contribution >= 4 is 48.9 Å². The van der Waals surface area contributed by atoms with Crippen LogP contribution in [-0.2, 0) is 0 Å². The van der Waals surface area contributed by atoms with Crippen molar-refractivity contribution in [3.63, 3.8) is 0 Å². The molecule has 0 aliphatic rings. The zero-order valence-electron chi connectivity index (χ0n) is 7.05. The Morgan fingerprint density at radius 2 is 0.462 bits per heavy atom. The average Bonchev–Trinajstić information content (AvgIpc) is 1.00. The second-order valence-electron chi connectivity index (χ2n) is 0. The molecule has 0 radical (unpaired) electrons. The summed E-state index contributed by atoms with van der Waals surface area (Å²) in [4.78, 5) is 0. The number of hydrogen-bond acceptors (Lipinski definition) is 3. The quantitative estimate of drug-likeness (QED) is 0.417. The molecule has 0 amide bonds. The summed E-state index contributed by atoms with van der Waals surface area (Å²) in [6.07, 6.45) is 0. The Morgan fingerprint density at radius 1 is 0.462 bits per heavy atom. The van der Waals surface area contributed by atoms with Crippen molar-refractivity contribution < 1.29 is 59.9 Å². The van der Waals surface area contributed by atoms with E-state index in [2.05, 4.69) is 0 Å². The van der Waals surface area contributed by atoms with E-state index in [1.54, 1.807) is 0 Å². The summed E-state index contributed by atoms with van der Waals surface area (Å²) >= 11 is 0. The summed E-state index contributed by atoms with van der Waals surface area (Å²) in [6, 6.07) is 0. The summed E-state index contributed by atoms with van der Waals surface area (Å²) in [5.41, 5.74) is 0. The van der Waals surface area contributed by atoms with Gasteiger partial charge in [0.2, 0.25) is 0 Å². The van der Waals surface area contributed by atoms with E-state index in [1.807, 2.05) is 0 Å². The molecule has 0 rings (SSSR count). The van der Waals surface area contributed by atoms with E-state index in [9.17, 15) is 0 Å². The number of aliphatic hydroxyl groups is 1. The minimum absolute atomic E-state index is 0. The van der Waals surface area contributed by atoms with Crippen molar-refractivity contribution in [2.24, 2.45) is 0 Å². The second-order valence-corrected chi connectivity index (χ2v) is 0. The van der Waals surface area contributed by atoms with Crippen LogP contribution in [0.25, 0.3) is 0 Å². The number of rotatable bonds is 0. The van der Waals surface area contributed by atoms with Crippen molar-refractivity contribution in [1.82, 2.24) is 0 Å². The van der Waals surface area contributed by atoms with Crippen LogP contribution < -0.4 is 0 Å². The summed E-state index contributed by atoms with van der Waals surface area (Å²) in [6.45, 7) is 0. The van der Waals surface area contributed by atoms with E-state index in [4.69, 9.17) is 5.11 Å². The number of aliphatic hydroxyl groups excluding tert-OH is 1. The van der Waals surface area contributed by atoms with Gasteiger partial charge in [0.05, 0.1) is 0 Å². The van der Waals surface area contributed by atoms with Crippen LogP contribution in [0.1, 0.15) is 0 Å². The second kappa shape index (κ2) is 1510. The third-order valence-electron chi connectivity index (χ3n) is 0. The fraction of sp³-hybridized carbons (Fsp3) is 1.00. The van der Waals surface area contributed by atoms with Gasteiger partial charge in [-0.2, -0.15) is 0 Å². The van der Waals surface area contributed by atoms with Gasteiger partial charge in [0.1, 0.15) is 0 Å². The minimum Gasteiger partial charge on any atom is -0.870 e. The zero-order chi connectivity index (χ0) is 2.00. The molecule has 0 saturated carbocycles. The molecule has 0 saturated heterocycles. The smallest absolute Gasteiger partial charge is 0.870 e. The largest absolute Gasteiger partial charge is 2.00 e. The molecule has 0 aliphatic heterocycles. The fourth-order valence-corrected chi connectivity index (χ4v) is 0. The van der Waals surface area contributed by atoms with E-state index in [1.165, 1.54) is 0 Å². The van der Waals surface area contributed by atoms with Gasteiger partial charge in [0, 0.05) is 7.11 Å². The molecule has 13 heavy (non-hydrogen) atoms. The summed E-state index contributed by atoms with van der Waals surface area (Å²) in [7, 11) is 1.00. The standard InChI is InChI=1S/CH4O.Ba.10H2O/c1-2;;;;;;;;;;;/h2H,1H3;;10*1H2/q;+2;;;;;;;;;;/p-2. The average molecular weight is 348 g/mol. The van der Waals surface area contributed by atoms with E-state index in [0.29, 0.717) is 0 Å². The van der Waals surface area contributed by atoms with Crippen LogP contribution in [0.15, 0.2) is 0 Å². The van der Waals surface area contributed by atoms with E-state index in [-0.39, 0.29) is 104 Å². The van der Waals surface area contributed by atoms with Gasteiger partial charge < -0.3 is 59.9 Å². The minimum atomic E-state index is 0. The third-order valence-corrected chi connectivity index (χ3v) is 0. The molecule has 11 nitrogen and oxygen atoms in total. The molecule has 0 heterocycles. The zero-order valence-corrected chi connectivity index (χ0v) is 11.5. The predicted octanol–water partition coefficient (Wildman–Crippen LogP) is -7.72. The normalized spacial score (nSPS) is 0.462. The van der Waals surface area contributed by atoms with Crippen LogP contribution in [0.2, 0.25) is 0 Å². The molecule has 0 atom stereocenters. The Labute approximate surface area is 115 Å². The van der Waals surface area contributed by atoms with Crippen molar-refractivity contribution in [2.75, 3.05) is 7.11 Å². The van der Waals surface area contributed by atoms with Crippen LogP contribution in [0.5, 0.6) is 0 Å². The van der Waals surface area contributed by atoms with Crippen LogP contribution >= 0.6 is 0 Å². The van der Waals surface area contributed by atoms with Crippen molar-refractivity contribution in [3.05, 3.63) is 0 Å². The molecule has 0 aliphatic carbocycles. The van der Waals surface area contributed by atoms with Gasteiger partial charge in [-0.1, -0.05) is 0 Å². The molecule has 0 spiro atoms. The first kappa shape index (κ1) is 536. The van der Waals surface area contributed by atoms with Crippen LogP contribution in [0, 0.1) is 0 Å². The Kier molecular flexibility index (Phi) is 62300. The first-order chi connectivity index (χ1) is 1.00. The predicted molar refractivity (Wildman–Crippen MR) is 46.7 cm³/mol. The van der Waals surface area contributed by atoms with E-state index in [0.717, 1.165) is 7.11 Å². The molecule has 94 valence electrons. The first-order valence-electron chi connectivity index (χ1n) is 0.447. The van der Waals surface area contributed by atoms with Crippen molar-refractivity contribution in [3.8, 4) is 0 Å². The van der Waals surface area contributed by atoms with Gasteiger partial charge in [-0.15, -0.1) is 0 Å². The SMILES string of the molecule is CO.O.O.O.O.O.O.O.O.[Ba+2].[OH-].[OH-]. The van der Waals surface area contributed by atoms with Crippen LogP contribution in [0.4, 0.5) is 0 Å². The first-order valence-corrected chi connectivity index (χ1v) is 0.447.